The van der Waals surface area contributed by atoms with E-state index in [9.17, 15) is 0 Å². The molecule has 96 valence electrons. The third-order valence-corrected chi connectivity index (χ3v) is 3.91. The minimum Gasteiger partial charge on any atom is -0.310 e. The van der Waals surface area contributed by atoms with Crippen molar-refractivity contribution in [2.24, 2.45) is 0 Å². The Morgan fingerprint density at radius 3 is 2.72 bits per heavy atom. The molecule has 18 heavy (non-hydrogen) atoms. The van der Waals surface area contributed by atoms with E-state index in [4.69, 9.17) is 23.2 Å². The average molecular weight is 349 g/mol. The van der Waals surface area contributed by atoms with E-state index in [2.05, 4.69) is 37.6 Å². The Hall–Kier alpha value is -0.580. The molecule has 0 bridgehead atoms. The van der Waals surface area contributed by atoms with Gasteiger partial charge >= 0.3 is 0 Å². The van der Waals surface area contributed by atoms with Crippen molar-refractivity contribution < 1.29 is 0 Å². The summed E-state index contributed by atoms with van der Waals surface area (Å²) in [6, 6.07) is 5.53. The largest absolute Gasteiger partial charge is 0.310 e. The first kappa shape index (κ1) is 13.8. The maximum Gasteiger partial charge on any atom is 0.165 e. The number of nitrogens with zero attached hydrogens (tertiary/aromatic N) is 3. The smallest absolute Gasteiger partial charge is 0.165 e. The summed E-state index contributed by atoms with van der Waals surface area (Å²) in [5.74, 6) is 1.65. The van der Waals surface area contributed by atoms with Crippen LogP contribution in [-0.4, -0.2) is 14.8 Å². The highest BCUT2D eigenvalue weighted by Crippen LogP contribution is 2.33. The quantitative estimate of drug-likeness (QED) is 0.758. The van der Waals surface area contributed by atoms with Gasteiger partial charge in [0.15, 0.2) is 5.82 Å². The number of rotatable bonds is 4. The van der Waals surface area contributed by atoms with Crippen LogP contribution in [0.25, 0.3) is 11.4 Å². The van der Waals surface area contributed by atoms with Crippen molar-refractivity contribution in [3.8, 4) is 11.4 Å². The first-order chi connectivity index (χ1) is 8.69. The molecule has 0 aliphatic heterocycles. The van der Waals surface area contributed by atoms with E-state index in [1.165, 1.54) is 0 Å². The molecule has 0 N–H and O–H groups in total. The molecular formula is C12H12BrCl2N3. The number of halogens is 3. The van der Waals surface area contributed by atoms with Gasteiger partial charge in [-0.2, -0.15) is 0 Å². The van der Waals surface area contributed by atoms with Gasteiger partial charge in [-0.15, -0.1) is 10.2 Å². The fourth-order valence-corrected chi connectivity index (χ4v) is 2.57. The normalized spacial score (nSPS) is 10.9. The summed E-state index contributed by atoms with van der Waals surface area (Å²) in [4.78, 5) is 0. The molecule has 0 aliphatic rings. The minimum absolute atomic E-state index is 0.519. The summed E-state index contributed by atoms with van der Waals surface area (Å²) in [5.41, 5.74) is 0.817. The van der Waals surface area contributed by atoms with E-state index < -0.39 is 0 Å². The van der Waals surface area contributed by atoms with Crippen LogP contribution in [0.1, 0.15) is 19.2 Å². The maximum atomic E-state index is 6.23. The van der Waals surface area contributed by atoms with Crippen LogP contribution in [0.5, 0.6) is 0 Å². The third kappa shape index (κ3) is 2.56. The first-order valence-corrected chi connectivity index (χ1v) is 7.49. The van der Waals surface area contributed by atoms with E-state index >= 15 is 0 Å². The van der Waals surface area contributed by atoms with Gasteiger partial charge in [-0.3, -0.25) is 0 Å². The van der Waals surface area contributed by atoms with Gasteiger partial charge in [-0.1, -0.05) is 52.1 Å². The third-order valence-electron chi connectivity index (χ3n) is 2.59. The standard InChI is InChI=1S/C12H12BrCl2N3/c1-2-6-18-10(7-13)16-17-12(18)8-4-3-5-9(14)11(8)15/h3-5H,2,6-7H2,1H3. The number of hydrogen-bond acceptors (Lipinski definition) is 2. The van der Waals surface area contributed by atoms with Gasteiger partial charge in [0.1, 0.15) is 5.82 Å². The lowest BCUT2D eigenvalue weighted by Crippen LogP contribution is -2.04. The number of aromatic nitrogens is 3. The predicted octanol–water partition coefficient (Wildman–Crippen LogP) is 4.56. The van der Waals surface area contributed by atoms with Crippen LogP contribution >= 0.6 is 39.1 Å². The molecule has 0 fully saturated rings. The van der Waals surface area contributed by atoms with Gasteiger partial charge in [-0.25, -0.2) is 0 Å². The second kappa shape index (κ2) is 6.04. The van der Waals surface area contributed by atoms with E-state index in [0.29, 0.717) is 15.4 Å². The Labute approximate surface area is 124 Å². The molecule has 0 saturated carbocycles. The molecule has 0 unspecified atom stereocenters. The second-order valence-corrected chi connectivity index (χ2v) is 5.17. The van der Waals surface area contributed by atoms with Crippen LogP contribution in [0.4, 0.5) is 0 Å². The van der Waals surface area contributed by atoms with Crippen molar-refractivity contribution in [3.05, 3.63) is 34.1 Å². The highest BCUT2D eigenvalue weighted by atomic mass is 79.9. The summed E-state index contributed by atoms with van der Waals surface area (Å²) < 4.78 is 2.06. The molecule has 0 spiro atoms. The average Bonchev–Trinajstić information content (AvgIpc) is 2.76. The van der Waals surface area contributed by atoms with E-state index in [0.717, 1.165) is 30.2 Å². The summed E-state index contributed by atoms with van der Waals surface area (Å²) in [6.45, 7) is 2.97. The summed E-state index contributed by atoms with van der Waals surface area (Å²) in [5, 5.41) is 10.1. The molecule has 0 saturated heterocycles. The Kier molecular flexibility index (Phi) is 4.65. The molecular weight excluding hydrogens is 337 g/mol. The fraction of sp³-hybridized carbons (Fsp3) is 0.333. The zero-order valence-electron chi connectivity index (χ0n) is 9.83. The Morgan fingerprint density at radius 1 is 1.28 bits per heavy atom. The number of benzene rings is 1. The highest BCUT2D eigenvalue weighted by molar-refractivity contribution is 9.08. The van der Waals surface area contributed by atoms with E-state index in [1.807, 2.05) is 12.1 Å². The van der Waals surface area contributed by atoms with Gasteiger partial charge in [0, 0.05) is 12.1 Å². The summed E-state index contributed by atoms with van der Waals surface area (Å²) in [7, 11) is 0. The molecule has 0 atom stereocenters. The second-order valence-electron chi connectivity index (χ2n) is 3.83. The monoisotopic (exact) mass is 347 g/mol. The van der Waals surface area contributed by atoms with Crippen LogP contribution in [0.3, 0.4) is 0 Å². The topological polar surface area (TPSA) is 30.7 Å². The van der Waals surface area contributed by atoms with Crippen molar-refractivity contribution in [2.75, 3.05) is 0 Å². The lowest BCUT2D eigenvalue weighted by molar-refractivity contribution is 0.661. The molecule has 6 heteroatoms. The van der Waals surface area contributed by atoms with Crippen molar-refractivity contribution in [2.45, 2.75) is 25.2 Å². The maximum absolute atomic E-state index is 6.23. The predicted molar refractivity (Wildman–Crippen MR) is 78.4 cm³/mol. The van der Waals surface area contributed by atoms with Crippen LogP contribution in [0.2, 0.25) is 10.0 Å². The van der Waals surface area contributed by atoms with Gasteiger partial charge in [-0.05, 0) is 18.6 Å². The first-order valence-electron chi connectivity index (χ1n) is 5.61. The van der Waals surface area contributed by atoms with Crippen LogP contribution in [-0.2, 0) is 11.9 Å². The molecule has 2 rings (SSSR count). The van der Waals surface area contributed by atoms with Crippen molar-refractivity contribution in [3.63, 3.8) is 0 Å². The van der Waals surface area contributed by atoms with Gasteiger partial charge < -0.3 is 4.57 Å². The molecule has 1 heterocycles. The summed E-state index contributed by atoms with van der Waals surface area (Å²) >= 11 is 15.7. The van der Waals surface area contributed by atoms with Crippen molar-refractivity contribution >= 4 is 39.1 Å². The van der Waals surface area contributed by atoms with Gasteiger partial charge in [0.25, 0.3) is 0 Å². The van der Waals surface area contributed by atoms with E-state index in [1.54, 1.807) is 6.07 Å². The number of alkyl halides is 1. The lowest BCUT2D eigenvalue weighted by atomic mass is 10.2. The molecule has 1 aromatic heterocycles. The number of hydrogen-bond donors (Lipinski definition) is 0. The lowest BCUT2D eigenvalue weighted by Gasteiger charge is -2.09. The molecule has 0 aliphatic carbocycles. The van der Waals surface area contributed by atoms with Crippen molar-refractivity contribution in [1.29, 1.82) is 0 Å². The Balaban J connectivity index is 2.56. The minimum atomic E-state index is 0.519. The zero-order chi connectivity index (χ0) is 13.1. The van der Waals surface area contributed by atoms with Crippen LogP contribution < -0.4 is 0 Å². The highest BCUT2D eigenvalue weighted by Gasteiger charge is 2.16. The van der Waals surface area contributed by atoms with Crippen molar-refractivity contribution in [1.82, 2.24) is 14.8 Å². The van der Waals surface area contributed by atoms with Gasteiger partial charge in [0.05, 0.1) is 15.4 Å². The molecule has 0 radical (unpaired) electrons. The Morgan fingerprint density at radius 2 is 2.06 bits per heavy atom. The van der Waals surface area contributed by atoms with Gasteiger partial charge in [0.2, 0.25) is 0 Å². The SMILES string of the molecule is CCCn1c(CBr)nnc1-c1cccc(Cl)c1Cl. The van der Waals surface area contributed by atoms with Crippen LogP contribution in [0.15, 0.2) is 18.2 Å². The molecule has 2 aromatic rings. The summed E-state index contributed by atoms with van der Waals surface area (Å²) in [6.07, 6.45) is 1.00. The molecule has 0 amide bonds. The van der Waals surface area contributed by atoms with E-state index in [-0.39, 0.29) is 0 Å². The fourth-order valence-electron chi connectivity index (χ4n) is 1.77. The molecule has 1 aromatic carbocycles. The zero-order valence-corrected chi connectivity index (χ0v) is 12.9. The van der Waals surface area contributed by atoms with Crippen LogP contribution in [0, 0.1) is 0 Å². The Bertz CT molecular complexity index is 554. The molecule has 3 nitrogen and oxygen atoms in total.